The molecule has 0 unspecified atom stereocenters. The van der Waals surface area contributed by atoms with E-state index in [1.54, 1.807) is 24.4 Å². The fraction of sp³-hybridized carbons (Fsp3) is 0.0769. The molecule has 2 aromatic rings. The summed E-state index contributed by atoms with van der Waals surface area (Å²) >= 11 is 8.05. The van der Waals surface area contributed by atoms with Crippen LogP contribution in [0.3, 0.4) is 0 Å². The lowest BCUT2D eigenvalue weighted by atomic mass is 10.1. The summed E-state index contributed by atoms with van der Waals surface area (Å²) in [5, 5.41) is 3.28. The van der Waals surface area contributed by atoms with Gasteiger partial charge < -0.3 is 5.32 Å². The molecule has 0 aliphatic heterocycles. The lowest BCUT2D eigenvalue weighted by molar-refractivity contribution is 0.102. The minimum atomic E-state index is -0.205. The van der Waals surface area contributed by atoms with Crippen LogP contribution < -0.4 is 5.32 Å². The van der Waals surface area contributed by atoms with Gasteiger partial charge in [0.15, 0.2) is 0 Å². The van der Waals surface area contributed by atoms with Gasteiger partial charge in [0.25, 0.3) is 5.91 Å². The van der Waals surface area contributed by atoms with Crippen molar-refractivity contribution >= 4 is 45.9 Å². The highest BCUT2D eigenvalue weighted by Crippen LogP contribution is 2.17. The first kappa shape index (κ1) is 13.3. The maximum Gasteiger partial charge on any atom is 0.257 e. The molecule has 5 heteroatoms. The molecule has 1 amide bonds. The fourth-order valence-electron chi connectivity index (χ4n) is 1.47. The van der Waals surface area contributed by atoms with Gasteiger partial charge in [0, 0.05) is 20.4 Å². The summed E-state index contributed by atoms with van der Waals surface area (Å²) in [7, 11) is 0. The zero-order valence-corrected chi connectivity index (χ0v) is 12.5. The Bertz CT molecular complexity index is 584. The zero-order chi connectivity index (χ0) is 13.1. The van der Waals surface area contributed by atoms with Gasteiger partial charge in [0.2, 0.25) is 0 Å². The topological polar surface area (TPSA) is 42.0 Å². The van der Waals surface area contributed by atoms with Gasteiger partial charge in [0.05, 0.1) is 0 Å². The summed E-state index contributed by atoms with van der Waals surface area (Å²) < 4.78 is 1.02. The molecule has 3 nitrogen and oxygen atoms in total. The first-order valence-electron chi connectivity index (χ1n) is 5.25. The number of pyridine rings is 1. The molecule has 0 aliphatic carbocycles. The third kappa shape index (κ3) is 3.20. The highest BCUT2D eigenvalue weighted by atomic mass is 127. The van der Waals surface area contributed by atoms with Crippen LogP contribution in [0.15, 0.2) is 36.5 Å². The summed E-state index contributed by atoms with van der Waals surface area (Å²) in [5.74, 6) is 0.323. The van der Waals surface area contributed by atoms with Crippen molar-refractivity contribution in [2.24, 2.45) is 0 Å². The van der Waals surface area contributed by atoms with Crippen LogP contribution in [0.25, 0.3) is 0 Å². The number of carbonyl (C=O) groups excluding carboxylic acids is 1. The number of hydrogen-bond acceptors (Lipinski definition) is 2. The van der Waals surface area contributed by atoms with Gasteiger partial charge in [0.1, 0.15) is 5.82 Å². The molecular weight excluding hydrogens is 363 g/mol. The Labute approximate surface area is 124 Å². The van der Waals surface area contributed by atoms with Gasteiger partial charge in [-0.15, -0.1) is 0 Å². The second-order valence-corrected chi connectivity index (χ2v) is 5.46. The van der Waals surface area contributed by atoms with Crippen molar-refractivity contribution in [1.29, 1.82) is 0 Å². The Kier molecular flexibility index (Phi) is 4.19. The molecule has 92 valence electrons. The van der Waals surface area contributed by atoms with Crippen molar-refractivity contribution < 1.29 is 4.79 Å². The van der Waals surface area contributed by atoms with Gasteiger partial charge >= 0.3 is 0 Å². The number of aromatic nitrogens is 1. The Balaban J connectivity index is 2.21. The number of nitrogens with one attached hydrogen (secondary N) is 1. The van der Waals surface area contributed by atoms with E-state index in [0.717, 1.165) is 9.13 Å². The van der Waals surface area contributed by atoms with Crippen LogP contribution in [0.1, 0.15) is 15.9 Å². The summed E-state index contributed by atoms with van der Waals surface area (Å²) in [4.78, 5) is 16.2. The minimum Gasteiger partial charge on any atom is -0.307 e. The number of carbonyl (C=O) groups is 1. The Morgan fingerprint density at radius 2 is 2.11 bits per heavy atom. The van der Waals surface area contributed by atoms with Crippen LogP contribution in [0.5, 0.6) is 0 Å². The molecule has 1 N–H and O–H groups in total. The summed E-state index contributed by atoms with van der Waals surface area (Å²) in [6, 6.07) is 8.88. The van der Waals surface area contributed by atoms with Crippen molar-refractivity contribution in [1.82, 2.24) is 4.98 Å². The van der Waals surface area contributed by atoms with E-state index in [-0.39, 0.29) is 5.91 Å². The third-order valence-corrected chi connectivity index (χ3v) is 3.29. The smallest absolute Gasteiger partial charge is 0.257 e. The first-order chi connectivity index (χ1) is 8.56. The van der Waals surface area contributed by atoms with E-state index in [1.165, 1.54) is 0 Å². The van der Waals surface area contributed by atoms with Crippen molar-refractivity contribution in [2.45, 2.75) is 6.92 Å². The lowest BCUT2D eigenvalue weighted by Gasteiger charge is -2.07. The standard InChI is InChI=1S/C13H10ClIN2O/c1-8-2-3-9(14)6-11(8)13(18)17-12-5-4-10(15)7-16-12/h2-7H,1H3,(H,16,17,18). The Hall–Kier alpha value is -1.14. The van der Waals surface area contributed by atoms with Crippen molar-refractivity contribution in [3.8, 4) is 0 Å². The highest BCUT2D eigenvalue weighted by Gasteiger charge is 2.10. The fourth-order valence-corrected chi connectivity index (χ4v) is 1.96. The molecule has 18 heavy (non-hydrogen) atoms. The van der Waals surface area contributed by atoms with Crippen molar-refractivity contribution in [2.75, 3.05) is 5.32 Å². The molecule has 0 atom stereocenters. The first-order valence-corrected chi connectivity index (χ1v) is 6.71. The van der Waals surface area contributed by atoms with E-state index in [4.69, 9.17) is 11.6 Å². The van der Waals surface area contributed by atoms with Gasteiger partial charge in [-0.1, -0.05) is 17.7 Å². The van der Waals surface area contributed by atoms with E-state index in [1.807, 2.05) is 19.1 Å². The lowest BCUT2D eigenvalue weighted by Crippen LogP contribution is -2.14. The molecule has 0 spiro atoms. The van der Waals surface area contributed by atoms with Gasteiger partial charge in [-0.2, -0.15) is 0 Å². The molecule has 0 fully saturated rings. The van der Waals surface area contributed by atoms with Crippen LogP contribution >= 0.6 is 34.2 Å². The monoisotopic (exact) mass is 372 g/mol. The molecule has 2 rings (SSSR count). The van der Waals surface area contributed by atoms with Gasteiger partial charge in [-0.25, -0.2) is 4.98 Å². The molecule has 1 aromatic carbocycles. The number of nitrogens with zero attached hydrogens (tertiary/aromatic N) is 1. The quantitative estimate of drug-likeness (QED) is 0.813. The van der Waals surface area contributed by atoms with Crippen molar-refractivity contribution in [3.63, 3.8) is 0 Å². The average Bonchev–Trinajstić information content (AvgIpc) is 2.35. The number of rotatable bonds is 2. The SMILES string of the molecule is Cc1ccc(Cl)cc1C(=O)Nc1ccc(I)cn1. The number of anilines is 1. The third-order valence-electron chi connectivity index (χ3n) is 2.41. The van der Waals surface area contributed by atoms with Crippen molar-refractivity contribution in [3.05, 3.63) is 56.2 Å². The van der Waals surface area contributed by atoms with E-state index < -0.39 is 0 Å². The molecule has 0 saturated heterocycles. The van der Waals surface area contributed by atoms with E-state index in [0.29, 0.717) is 16.4 Å². The van der Waals surface area contributed by atoms with Gasteiger partial charge in [-0.3, -0.25) is 4.79 Å². The minimum absolute atomic E-state index is 0.205. The maximum atomic E-state index is 12.1. The normalized spacial score (nSPS) is 10.2. The molecule has 0 saturated carbocycles. The Morgan fingerprint density at radius 3 is 2.78 bits per heavy atom. The maximum absolute atomic E-state index is 12.1. The number of benzene rings is 1. The van der Waals surface area contributed by atoms with Crippen LogP contribution in [0.4, 0.5) is 5.82 Å². The largest absolute Gasteiger partial charge is 0.307 e. The van der Waals surface area contributed by atoms with Crippen LogP contribution in [-0.4, -0.2) is 10.9 Å². The van der Waals surface area contributed by atoms with E-state index in [9.17, 15) is 4.79 Å². The van der Waals surface area contributed by atoms with Crippen LogP contribution in [-0.2, 0) is 0 Å². The predicted octanol–water partition coefficient (Wildman–Crippen LogP) is 3.90. The van der Waals surface area contributed by atoms with E-state index >= 15 is 0 Å². The summed E-state index contributed by atoms with van der Waals surface area (Å²) in [5.41, 5.74) is 1.44. The number of amides is 1. The number of halogens is 2. The second kappa shape index (κ2) is 5.67. The van der Waals surface area contributed by atoms with Crippen LogP contribution in [0.2, 0.25) is 5.02 Å². The molecule has 1 aromatic heterocycles. The number of aryl methyl sites for hydroxylation is 1. The molecule has 1 heterocycles. The molecular formula is C13H10ClIN2O. The van der Waals surface area contributed by atoms with E-state index in [2.05, 4.69) is 32.9 Å². The zero-order valence-electron chi connectivity index (χ0n) is 9.58. The molecule has 0 aliphatic rings. The predicted molar refractivity (Wildman–Crippen MR) is 81.1 cm³/mol. The number of hydrogen-bond donors (Lipinski definition) is 1. The summed E-state index contributed by atoms with van der Waals surface area (Å²) in [6.45, 7) is 1.87. The molecule has 0 bridgehead atoms. The van der Waals surface area contributed by atoms with Gasteiger partial charge in [-0.05, 0) is 59.3 Å². The summed E-state index contributed by atoms with van der Waals surface area (Å²) in [6.07, 6.45) is 1.70. The second-order valence-electron chi connectivity index (χ2n) is 3.78. The highest BCUT2D eigenvalue weighted by molar-refractivity contribution is 14.1. The molecule has 0 radical (unpaired) electrons. The Morgan fingerprint density at radius 1 is 1.33 bits per heavy atom. The average molecular weight is 373 g/mol. The van der Waals surface area contributed by atoms with Crippen LogP contribution in [0, 0.1) is 10.5 Å².